The van der Waals surface area contributed by atoms with Gasteiger partial charge in [0, 0.05) is 5.69 Å². The van der Waals surface area contributed by atoms with Crippen molar-refractivity contribution in [2.75, 3.05) is 10.6 Å². The Bertz CT molecular complexity index is 1030. The molecule has 0 bridgehead atoms. The highest BCUT2D eigenvalue weighted by Crippen LogP contribution is 2.35. The van der Waals surface area contributed by atoms with Crippen molar-refractivity contribution in [1.82, 2.24) is 4.72 Å². The Balaban J connectivity index is 1.89. The molecule has 1 heterocycles. The third-order valence-corrected chi connectivity index (χ3v) is 5.39. The lowest BCUT2D eigenvalue weighted by atomic mass is 10.2. The minimum atomic E-state index is -4.69. The quantitative estimate of drug-likeness (QED) is 0.647. The molecule has 1 atom stereocenters. The van der Waals surface area contributed by atoms with Crippen LogP contribution < -0.4 is 15.4 Å². The summed E-state index contributed by atoms with van der Waals surface area (Å²) < 4.78 is 78.1. The fourth-order valence-electron chi connectivity index (χ4n) is 2.36. The summed E-state index contributed by atoms with van der Waals surface area (Å²) in [5.74, 6) is -1.65. The highest BCUT2D eigenvalue weighted by molar-refractivity contribution is 7.89. The molecule has 0 fully saturated rings. The van der Waals surface area contributed by atoms with Crippen molar-refractivity contribution in [2.45, 2.75) is 17.2 Å². The molecule has 3 N–H and O–H groups in total. The van der Waals surface area contributed by atoms with Gasteiger partial charge in [0.15, 0.2) is 6.17 Å². The lowest BCUT2D eigenvalue weighted by Gasteiger charge is -2.27. The number of nitrogens with one attached hydrogen (secondary N) is 3. The molecule has 0 spiro atoms. The van der Waals surface area contributed by atoms with Crippen LogP contribution in [0.15, 0.2) is 41.3 Å². The van der Waals surface area contributed by atoms with Crippen molar-refractivity contribution in [3.8, 4) is 0 Å². The van der Waals surface area contributed by atoms with Gasteiger partial charge in [-0.2, -0.15) is 17.9 Å². The molecule has 0 unspecified atom stereocenters. The fraction of sp³-hybridized carbons (Fsp3) is 0.133. The molecule has 2 aromatic carbocycles. The summed E-state index contributed by atoms with van der Waals surface area (Å²) in [6, 6.07) is 5.29. The predicted molar refractivity (Wildman–Crippen MR) is 89.2 cm³/mol. The zero-order valence-electron chi connectivity index (χ0n) is 13.1. The van der Waals surface area contributed by atoms with Gasteiger partial charge in [0.1, 0.15) is 10.7 Å². The van der Waals surface area contributed by atoms with E-state index >= 15 is 0 Å². The van der Waals surface area contributed by atoms with Crippen molar-refractivity contribution >= 4 is 38.9 Å². The summed E-state index contributed by atoms with van der Waals surface area (Å²) in [5.41, 5.74) is -1.38. The maximum Gasteiger partial charge on any atom is 0.416 e. The van der Waals surface area contributed by atoms with Crippen molar-refractivity contribution < 1.29 is 30.8 Å². The summed E-state index contributed by atoms with van der Waals surface area (Å²) in [5, 5.41) is 4.42. The molecule has 144 valence electrons. The van der Waals surface area contributed by atoms with Crippen LogP contribution >= 0.6 is 11.6 Å². The largest absolute Gasteiger partial charge is 0.416 e. The number of benzene rings is 2. The van der Waals surface area contributed by atoms with Crippen LogP contribution in [0.1, 0.15) is 5.56 Å². The standard InChI is InChI=1S/C15H10ClF4N3O3S/c16-9-6-8(2-3-10(9)17)21-14(24)13-22-11-5-7(15(18,19)20)1-4-12(11)27(25,26)23-13/h1-6,13,22-23H,(H,21,24)/t13-/m1/s1. The minimum Gasteiger partial charge on any atom is -0.360 e. The Morgan fingerprint density at radius 1 is 1.15 bits per heavy atom. The van der Waals surface area contributed by atoms with Crippen molar-refractivity contribution in [1.29, 1.82) is 0 Å². The molecule has 2 aromatic rings. The first-order valence-corrected chi connectivity index (χ1v) is 9.09. The number of halogens is 5. The molecule has 1 aliphatic rings. The molecule has 12 heteroatoms. The molecule has 6 nitrogen and oxygen atoms in total. The Hall–Kier alpha value is -2.37. The summed E-state index contributed by atoms with van der Waals surface area (Å²) in [7, 11) is -4.23. The number of hydrogen-bond donors (Lipinski definition) is 3. The Kier molecular flexibility index (Phi) is 4.78. The highest BCUT2D eigenvalue weighted by Gasteiger charge is 2.37. The lowest BCUT2D eigenvalue weighted by Crippen LogP contribution is -2.51. The summed E-state index contributed by atoms with van der Waals surface area (Å²) in [6.07, 6.45) is -6.27. The van der Waals surface area contributed by atoms with Crippen LogP contribution in [-0.4, -0.2) is 20.5 Å². The van der Waals surface area contributed by atoms with Crippen LogP contribution in [-0.2, 0) is 21.0 Å². The van der Waals surface area contributed by atoms with Crippen LogP contribution in [0.25, 0.3) is 0 Å². The van der Waals surface area contributed by atoms with Crippen molar-refractivity contribution in [3.63, 3.8) is 0 Å². The molecule has 0 radical (unpaired) electrons. The van der Waals surface area contributed by atoms with Gasteiger partial charge in [-0.1, -0.05) is 11.6 Å². The normalized spacial score (nSPS) is 18.3. The molecule has 3 rings (SSSR count). The van der Waals surface area contributed by atoms with Crippen LogP contribution in [0.3, 0.4) is 0 Å². The zero-order valence-corrected chi connectivity index (χ0v) is 14.6. The predicted octanol–water partition coefficient (Wildman–Crippen LogP) is 3.17. The van der Waals surface area contributed by atoms with E-state index in [2.05, 4.69) is 10.6 Å². The van der Waals surface area contributed by atoms with Crippen LogP contribution in [0.4, 0.5) is 28.9 Å². The lowest BCUT2D eigenvalue weighted by molar-refractivity contribution is -0.137. The zero-order chi connectivity index (χ0) is 20.0. The third-order valence-electron chi connectivity index (χ3n) is 3.62. The van der Waals surface area contributed by atoms with E-state index in [1.807, 2.05) is 4.72 Å². The van der Waals surface area contributed by atoms with E-state index in [9.17, 15) is 30.8 Å². The Morgan fingerprint density at radius 2 is 1.85 bits per heavy atom. The summed E-state index contributed by atoms with van der Waals surface area (Å²) >= 11 is 5.60. The van der Waals surface area contributed by atoms with Gasteiger partial charge >= 0.3 is 6.18 Å². The first kappa shape index (κ1) is 19.4. The van der Waals surface area contributed by atoms with Crippen LogP contribution in [0.2, 0.25) is 5.02 Å². The van der Waals surface area contributed by atoms with E-state index in [0.717, 1.165) is 18.2 Å². The van der Waals surface area contributed by atoms with Crippen molar-refractivity contribution in [3.05, 3.63) is 52.8 Å². The monoisotopic (exact) mass is 423 g/mol. The molecule has 1 amide bonds. The highest BCUT2D eigenvalue weighted by atomic mass is 35.5. The number of hydrogen-bond acceptors (Lipinski definition) is 4. The maximum absolute atomic E-state index is 13.2. The average molecular weight is 424 g/mol. The molecule has 0 saturated heterocycles. The minimum absolute atomic E-state index is 0.0715. The molecule has 0 aliphatic carbocycles. The van der Waals surface area contributed by atoms with Gasteiger partial charge in [-0.3, -0.25) is 4.79 Å². The van der Waals surface area contributed by atoms with E-state index < -0.39 is 44.5 Å². The first-order valence-electron chi connectivity index (χ1n) is 7.23. The number of carbonyl (C=O) groups excluding carboxylic acids is 1. The maximum atomic E-state index is 13.2. The Morgan fingerprint density at radius 3 is 2.48 bits per heavy atom. The summed E-state index contributed by atoms with van der Waals surface area (Å²) in [4.78, 5) is 11.9. The third kappa shape index (κ3) is 3.99. The van der Waals surface area contributed by atoms with Gasteiger partial charge in [0.25, 0.3) is 5.91 Å². The van der Waals surface area contributed by atoms with E-state index in [1.165, 1.54) is 6.07 Å². The summed E-state index contributed by atoms with van der Waals surface area (Å²) in [6.45, 7) is 0. The molecule has 27 heavy (non-hydrogen) atoms. The Labute approximate surface area is 155 Å². The molecule has 1 aliphatic heterocycles. The second-order valence-corrected chi connectivity index (χ2v) is 7.62. The van der Waals surface area contributed by atoms with Gasteiger partial charge in [-0.25, -0.2) is 12.8 Å². The van der Waals surface area contributed by atoms with Gasteiger partial charge < -0.3 is 10.6 Å². The topological polar surface area (TPSA) is 87.3 Å². The fourth-order valence-corrected chi connectivity index (χ4v) is 3.80. The number of anilines is 2. The van der Waals surface area contributed by atoms with E-state index in [4.69, 9.17) is 11.6 Å². The number of amides is 1. The first-order chi connectivity index (χ1) is 12.5. The van der Waals surface area contributed by atoms with E-state index in [-0.39, 0.29) is 16.4 Å². The molecular weight excluding hydrogens is 414 g/mol. The number of sulfonamides is 1. The number of carbonyl (C=O) groups is 1. The average Bonchev–Trinajstić information content (AvgIpc) is 2.56. The van der Waals surface area contributed by atoms with Crippen LogP contribution in [0.5, 0.6) is 0 Å². The van der Waals surface area contributed by atoms with Gasteiger partial charge in [0.2, 0.25) is 10.0 Å². The smallest absolute Gasteiger partial charge is 0.360 e. The van der Waals surface area contributed by atoms with Crippen molar-refractivity contribution in [2.24, 2.45) is 0 Å². The van der Waals surface area contributed by atoms with E-state index in [1.54, 1.807) is 0 Å². The van der Waals surface area contributed by atoms with Gasteiger partial charge in [-0.15, -0.1) is 0 Å². The van der Waals surface area contributed by atoms with E-state index in [0.29, 0.717) is 12.1 Å². The molecule has 0 aromatic heterocycles. The van der Waals surface area contributed by atoms with Gasteiger partial charge in [0.05, 0.1) is 16.3 Å². The van der Waals surface area contributed by atoms with Gasteiger partial charge in [-0.05, 0) is 36.4 Å². The SMILES string of the molecule is O=C(Nc1ccc(F)c(Cl)c1)[C@@H]1Nc2cc(C(F)(F)F)ccc2S(=O)(=O)N1. The molecule has 0 saturated carbocycles. The second-order valence-electron chi connectivity index (χ2n) is 5.53. The number of fused-ring (bicyclic) bond motifs is 1. The molecular formula is C15H10ClF4N3O3S. The number of alkyl halides is 3. The van der Waals surface area contributed by atoms with Crippen LogP contribution in [0, 0.1) is 5.82 Å². The second kappa shape index (κ2) is 6.66. The number of rotatable bonds is 2.